The molecule has 0 saturated heterocycles. The van der Waals surface area contributed by atoms with E-state index < -0.39 is 0 Å². The molecule has 1 aliphatic heterocycles. The van der Waals surface area contributed by atoms with Crippen molar-refractivity contribution in [3.8, 4) is 0 Å². The molecule has 3 heterocycles. The molecule has 106 valence electrons. The van der Waals surface area contributed by atoms with Gasteiger partial charge in [-0.1, -0.05) is 11.6 Å². The Labute approximate surface area is 123 Å². The number of hydrogen-bond acceptors (Lipinski definition) is 4. The third-order valence-corrected chi connectivity index (χ3v) is 4.02. The Morgan fingerprint density at radius 3 is 3.14 bits per heavy atom. The molecule has 5 nitrogen and oxygen atoms in total. The van der Waals surface area contributed by atoms with E-state index in [1.165, 1.54) is 12.0 Å². The normalized spacial score (nSPS) is 13.6. The summed E-state index contributed by atoms with van der Waals surface area (Å²) in [5.74, 6) is 2.13. The van der Waals surface area contributed by atoms with E-state index in [4.69, 9.17) is 0 Å². The van der Waals surface area contributed by atoms with Crippen LogP contribution < -0.4 is 5.32 Å². The fraction of sp³-hybridized carbons (Fsp3) is 0.312. The van der Waals surface area contributed by atoms with E-state index in [2.05, 4.69) is 50.2 Å². The number of pyridine rings is 1. The van der Waals surface area contributed by atoms with Gasteiger partial charge in [-0.15, -0.1) is 10.2 Å². The first kappa shape index (κ1) is 12.3. The summed E-state index contributed by atoms with van der Waals surface area (Å²) in [5.41, 5.74) is 3.35. The highest BCUT2D eigenvalue weighted by Gasteiger charge is 2.16. The smallest absolute Gasteiger partial charge is 0.152 e. The largest absolute Gasteiger partial charge is 0.377 e. The van der Waals surface area contributed by atoms with Gasteiger partial charge in [-0.2, -0.15) is 0 Å². The van der Waals surface area contributed by atoms with E-state index in [0.717, 1.165) is 41.2 Å². The first-order valence-electron chi connectivity index (χ1n) is 7.31. The van der Waals surface area contributed by atoms with Crippen LogP contribution in [0.3, 0.4) is 0 Å². The van der Waals surface area contributed by atoms with Crippen molar-refractivity contribution in [1.82, 2.24) is 19.7 Å². The zero-order valence-corrected chi connectivity index (χ0v) is 12.0. The molecule has 0 saturated carbocycles. The number of nitrogens with one attached hydrogen (secondary N) is 1. The van der Waals surface area contributed by atoms with Gasteiger partial charge in [0.2, 0.25) is 0 Å². The van der Waals surface area contributed by atoms with Gasteiger partial charge in [-0.05, 0) is 31.5 Å². The SMILES string of the molecule is Cc1ccc2nccc(NCc3nnc4n3CCC4)c2c1. The van der Waals surface area contributed by atoms with E-state index in [0.29, 0.717) is 6.54 Å². The van der Waals surface area contributed by atoms with Crippen molar-refractivity contribution in [3.63, 3.8) is 0 Å². The van der Waals surface area contributed by atoms with Gasteiger partial charge >= 0.3 is 0 Å². The molecule has 21 heavy (non-hydrogen) atoms. The van der Waals surface area contributed by atoms with Crippen molar-refractivity contribution in [1.29, 1.82) is 0 Å². The first-order valence-corrected chi connectivity index (χ1v) is 7.31. The molecular formula is C16H17N5. The average Bonchev–Trinajstić information content (AvgIpc) is 3.09. The van der Waals surface area contributed by atoms with Crippen LogP contribution in [0.1, 0.15) is 23.6 Å². The molecule has 0 aliphatic carbocycles. The molecule has 3 aromatic rings. The fourth-order valence-electron chi connectivity index (χ4n) is 2.93. The zero-order valence-electron chi connectivity index (χ0n) is 12.0. The third kappa shape index (κ3) is 2.14. The van der Waals surface area contributed by atoms with Crippen LogP contribution >= 0.6 is 0 Å². The summed E-state index contributed by atoms with van der Waals surface area (Å²) in [6, 6.07) is 8.33. The van der Waals surface area contributed by atoms with Crippen LogP contribution in [0.15, 0.2) is 30.5 Å². The van der Waals surface area contributed by atoms with Gasteiger partial charge in [0.25, 0.3) is 0 Å². The molecule has 5 heteroatoms. The van der Waals surface area contributed by atoms with Crippen LogP contribution in [0.25, 0.3) is 10.9 Å². The minimum atomic E-state index is 0.694. The molecule has 2 aromatic heterocycles. The molecule has 0 amide bonds. The number of aryl methyl sites for hydroxylation is 2. The summed E-state index contributed by atoms with van der Waals surface area (Å²) in [7, 11) is 0. The zero-order chi connectivity index (χ0) is 14.2. The number of rotatable bonds is 3. The van der Waals surface area contributed by atoms with Gasteiger partial charge in [0.05, 0.1) is 12.1 Å². The Kier molecular flexibility index (Phi) is 2.84. The molecular weight excluding hydrogens is 262 g/mol. The van der Waals surface area contributed by atoms with Crippen LogP contribution in [-0.2, 0) is 19.5 Å². The molecule has 4 rings (SSSR count). The number of hydrogen-bond donors (Lipinski definition) is 1. The highest BCUT2D eigenvalue weighted by atomic mass is 15.3. The van der Waals surface area contributed by atoms with E-state index >= 15 is 0 Å². The first-order chi connectivity index (χ1) is 10.3. The molecule has 0 bridgehead atoms. The molecule has 1 aliphatic rings. The number of aromatic nitrogens is 4. The predicted octanol–water partition coefficient (Wildman–Crippen LogP) is 2.69. The summed E-state index contributed by atoms with van der Waals surface area (Å²) in [6.45, 7) is 3.83. The number of nitrogens with zero attached hydrogens (tertiary/aromatic N) is 4. The van der Waals surface area contributed by atoms with Crippen molar-refractivity contribution in [3.05, 3.63) is 47.7 Å². The average molecular weight is 279 g/mol. The van der Waals surface area contributed by atoms with Crippen LogP contribution in [0.2, 0.25) is 0 Å². The van der Waals surface area contributed by atoms with E-state index in [1.54, 1.807) is 0 Å². The Bertz CT molecular complexity index is 806. The molecule has 1 N–H and O–H groups in total. The molecule has 1 aromatic carbocycles. The lowest BCUT2D eigenvalue weighted by molar-refractivity contribution is 0.696. The standard InChI is InChI=1S/C16H17N5/c1-11-4-5-13-12(9-11)14(6-7-17-13)18-10-16-20-19-15-3-2-8-21(15)16/h4-7,9H,2-3,8,10H2,1H3,(H,17,18). The summed E-state index contributed by atoms with van der Waals surface area (Å²) in [6.07, 6.45) is 4.06. The van der Waals surface area contributed by atoms with Crippen LogP contribution in [0.4, 0.5) is 5.69 Å². The lowest BCUT2D eigenvalue weighted by Crippen LogP contribution is -2.08. The Balaban J connectivity index is 1.64. The van der Waals surface area contributed by atoms with Gasteiger partial charge < -0.3 is 9.88 Å². The van der Waals surface area contributed by atoms with Crippen molar-refractivity contribution >= 4 is 16.6 Å². The second-order valence-corrected chi connectivity index (χ2v) is 5.52. The highest BCUT2D eigenvalue weighted by Crippen LogP contribution is 2.23. The van der Waals surface area contributed by atoms with Crippen molar-refractivity contribution in [2.45, 2.75) is 32.9 Å². The molecule has 0 atom stereocenters. The fourth-order valence-corrected chi connectivity index (χ4v) is 2.93. The molecule has 0 unspecified atom stereocenters. The lowest BCUT2D eigenvalue weighted by Gasteiger charge is -2.10. The van der Waals surface area contributed by atoms with Crippen molar-refractivity contribution in [2.24, 2.45) is 0 Å². The summed E-state index contributed by atoms with van der Waals surface area (Å²) in [4.78, 5) is 4.41. The quantitative estimate of drug-likeness (QED) is 0.801. The monoisotopic (exact) mass is 279 g/mol. The maximum Gasteiger partial charge on any atom is 0.152 e. The minimum Gasteiger partial charge on any atom is -0.377 e. The maximum absolute atomic E-state index is 4.41. The van der Waals surface area contributed by atoms with Gasteiger partial charge in [0, 0.05) is 30.2 Å². The molecule has 0 spiro atoms. The summed E-state index contributed by atoms with van der Waals surface area (Å²) >= 11 is 0. The molecule has 0 radical (unpaired) electrons. The Morgan fingerprint density at radius 2 is 2.19 bits per heavy atom. The molecule has 0 fully saturated rings. The van der Waals surface area contributed by atoms with Gasteiger partial charge in [-0.3, -0.25) is 4.98 Å². The Hall–Kier alpha value is -2.43. The summed E-state index contributed by atoms with van der Waals surface area (Å²) < 4.78 is 2.22. The van der Waals surface area contributed by atoms with Crippen LogP contribution in [0, 0.1) is 6.92 Å². The van der Waals surface area contributed by atoms with Gasteiger partial charge in [0.1, 0.15) is 5.82 Å². The number of anilines is 1. The minimum absolute atomic E-state index is 0.694. The van der Waals surface area contributed by atoms with Gasteiger partial charge in [-0.25, -0.2) is 0 Å². The predicted molar refractivity (Wildman–Crippen MR) is 82.1 cm³/mol. The van der Waals surface area contributed by atoms with Crippen molar-refractivity contribution < 1.29 is 0 Å². The van der Waals surface area contributed by atoms with Crippen LogP contribution in [0.5, 0.6) is 0 Å². The van der Waals surface area contributed by atoms with Gasteiger partial charge in [0.15, 0.2) is 5.82 Å². The highest BCUT2D eigenvalue weighted by molar-refractivity contribution is 5.91. The van der Waals surface area contributed by atoms with E-state index in [9.17, 15) is 0 Å². The van der Waals surface area contributed by atoms with Crippen LogP contribution in [-0.4, -0.2) is 19.7 Å². The third-order valence-electron chi connectivity index (χ3n) is 4.02. The second-order valence-electron chi connectivity index (χ2n) is 5.52. The second kappa shape index (κ2) is 4.84. The summed E-state index contributed by atoms with van der Waals surface area (Å²) in [5, 5.41) is 13.2. The maximum atomic E-state index is 4.41. The topological polar surface area (TPSA) is 55.6 Å². The van der Waals surface area contributed by atoms with Crippen molar-refractivity contribution in [2.75, 3.05) is 5.32 Å². The number of fused-ring (bicyclic) bond motifs is 2. The number of benzene rings is 1. The van der Waals surface area contributed by atoms with E-state index in [1.807, 2.05) is 12.3 Å². The lowest BCUT2D eigenvalue weighted by atomic mass is 10.1. The van der Waals surface area contributed by atoms with E-state index in [-0.39, 0.29) is 0 Å². The Morgan fingerprint density at radius 1 is 1.24 bits per heavy atom.